The maximum Gasteiger partial charge on any atom is 0.140 e. The van der Waals surface area contributed by atoms with Crippen LogP contribution in [0.25, 0.3) is 5.69 Å². The highest BCUT2D eigenvalue weighted by Crippen LogP contribution is 2.16. The first kappa shape index (κ1) is 16.2. The van der Waals surface area contributed by atoms with Gasteiger partial charge < -0.3 is 4.74 Å². The zero-order valence-electron chi connectivity index (χ0n) is 14.3. The second-order valence-corrected chi connectivity index (χ2v) is 5.66. The van der Waals surface area contributed by atoms with Crippen molar-refractivity contribution in [3.8, 4) is 11.4 Å². The van der Waals surface area contributed by atoms with Crippen LogP contribution in [0, 0.1) is 0 Å². The number of aromatic nitrogens is 5. The van der Waals surface area contributed by atoms with Crippen LogP contribution in [-0.4, -0.2) is 43.6 Å². The summed E-state index contributed by atoms with van der Waals surface area (Å²) in [4.78, 5) is 6.51. The minimum Gasteiger partial charge on any atom is -0.497 e. The molecule has 3 rings (SSSR count). The number of nitrogens with zero attached hydrogens (tertiary/aromatic N) is 6. The standard InChI is InChI=1S/C17H22N6O/c1-4-22-17(18-13-20-22)12-21(2)10-14-9-19-23(11-14)15-6-5-7-16(8-15)24-3/h5-9,11,13H,4,10,12H2,1-3H3. The number of hydrogen-bond donors (Lipinski definition) is 0. The molecule has 7 nitrogen and oxygen atoms in total. The van der Waals surface area contributed by atoms with E-state index < -0.39 is 0 Å². The lowest BCUT2D eigenvalue weighted by Crippen LogP contribution is -2.20. The van der Waals surface area contributed by atoms with E-state index in [9.17, 15) is 0 Å². The molecule has 0 N–H and O–H groups in total. The molecule has 126 valence electrons. The van der Waals surface area contributed by atoms with E-state index in [-0.39, 0.29) is 0 Å². The Balaban J connectivity index is 1.67. The van der Waals surface area contributed by atoms with Crippen LogP contribution >= 0.6 is 0 Å². The molecule has 0 spiro atoms. The molecule has 1 aromatic carbocycles. The molecule has 0 radical (unpaired) electrons. The number of methoxy groups -OCH3 is 1. The Morgan fingerprint density at radius 2 is 2.08 bits per heavy atom. The molecule has 0 aliphatic carbocycles. The van der Waals surface area contributed by atoms with E-state index in [0.717, 1.165) is 42.5 Å². The molecule has 0 aliphatic heterocycles. The van der Waals surface area contributed by atoms with Gasteiger partial charge in [-0.15, -0.1) is 0 Å². The van der Waals surface area contributed by atoms with Gasteiger partial charge in [-0.1, -0.05) is 6.07 Å². The average molecular weight is 326 g/mol. The van der Waals surface area contributed by atoms with Crippen LogP contribution in [0.5, 0.6) is 5.75 Å². The van der Waals surface area contributed by atoms with Gasteiger partial charge in [-0.25, -0.2) is 14.3 Å². The third-order valence-corrected chi connectivity index (χ3v) is 3.81. The summed E-state index contributed by atoms with van der Waals surface area (Å²) < 4.78 is 9.04. The summed E-state index contributed by atoms with van der Waals surface area (Å²) in [5.41, 5.74) is 2.12. The third-order valence-electron chi connectivity index (χ3n) is 3.81. The fraction of sp³-hybridized carbons (Fsp3) is 0.353. The van der Waals surface area contributed by atoms with Gasteiger partial charge in [-0.05, 0) is 26.1 Å². The van der Waals surface area contributed by atoms with Gasteiger partial charge in [0.2, 0.25) is 0 Å². The lowest BCUT2D eigenvalue weighted by molar-refractivity contribution is 0.303. The Bertz CT molecular complexity index is 794. The lowest BCUT2D eigenvalue weighted by Gasteiger charge is -2.15. The van der Waals surface area contributed by atoms with Crippen LogP contribution in [0.2, 0.25) is 0 Å². The highest BCUT2D eigenvalue weighted by atomic mass is 16.5. The molecule has 2 heterocycles. The van der Waals surface area contributed by atoms with Gasteiger partial charge in [0.15, 0.2) is 0 Å². The zero-order valence-corrected chi connectivity index (χ0v) is 14.3. The molecule has 0 bridgehead atoms. The van der Waals surface area contributed by atoms with E-state index in [4.69, 9.17) is 4.74 Å². The van der Waals surface area contributed by atoms with E-state index in [1.807, 2.05) is 46.0 Å². The first-order chi connectivity index (χ1) is 11.7. The first-order valence-corrected chi connectivity index (χ1v) is 7.92. The molecule has 0 atom stereocenters. The van der Waals surface area contributed by atoms with Crippen LogP contribution in [0.4, 0.5) is 0 Å². The largest absolute Gasteiger partial charge is 0.497 e. The van der Waals surface area contributed by atoms with Crippen molar-refractivity contribution in [2.24, 2.45) is 0 Å². The monoisotopic (exact) mass is 326 g/mol. The molecule has 0 saturated carbocycles. The Hall–Kier alpha value is -2.67. The van der Waals surface area contributed by atoms with Gasteiger partial charge in [0.1, 0.15) is 17.9 Å². The molecule has 3 aromatic rings. The molecule has 0 fully saturated rings. The van der Waals surface area contributed by atoms with Gasteiger partial charge >= 0.3 is 0 Å². The summed E-state index contributed by atoms with van der Waals surface area (Å²) in [5, 5.41) is 8.65. The molecular weight excluding hydrogens is 304 g/mol. The molecular formula is C17H22N6O. The van der Waals surface area contributed by atoms with Crippen LogP contribution in [0.1, 0.15) is 18.3 Å². The van der Waals surface area contributed by atoms with Crippen molar-refractivity contribution in [3.05, 3.63) is 54.4 Å². The van der Waals surface area contributed by atoms with Gasteiger partial charge in [-0.3, -0.25) is 4.90 Å². The summed E-state index contributed by atoms with van der Waals surface area (Å²) in [6, 6.07) is 7.85. The third kappa shape index (κ3) is 3.62. The summed E-state index contributed by atoms with van der Waals surface area (Å²) in [6.07, 6.45) is 5.53. The van der Waals surface area contributed by atoms with Crippen molar-refractivity contribution in [1.82, 2.24) is 29.4 Å². The predicted octanol–water partition coefficient (Wildman–Crippen LogP) is 2.12. The highest BCUT2D eigenvalue weighted by molar-refractivity contribution is 5.38. The van der Waals surface area contributed by atoms with Crippen LogP contribution in [0.3, 0.4) is 0 Å². The molecule has 0 unspecified atom stereocenters. The van der Waals surface area contributed by atoms with Crippen LogP contribution < -0.4 is 4.74 Å². The summed E-state index contributed by atoms with van der Waals surface area (Å²) in [7, 11) is 3.73. The van der Waals surface area contributed by atoms with Gasteiger partial charge in [-0.2, -0.15) is 10.2 Å². The summed E-state index contributed by atoms with van der Waals surface area (Å²) >= 11 is 0. The molecule has 0 aliphatic rings. The maximum absolute atomic E-state index is 5.26. The second-order valence-electron chi connectivity index (χ2n) is 5.66. The zero-order chi connectivity index (χ0) is 16.9. The summed E-state index contributed by atoms with van der Waals surface area (Å²) in [6.45, 7) is 4.44. The second kappa shape index (κ2) is 7.27. The Kier molecular flexibility index (Phi) is 4.90. The van der Waals surface area contributed by atoms with Crippen molar-refractivity contribution >= 4 is 0 Å². The van der Waals surface area contributed by atoms with Gasteiger partial charge in [0.05, 0.1) is 25.5 Å². The van der Waals surface area contributed by atoms with Crippen LogP contribution in [0.15, 0.2) is 43.0 Å². The topological polar surface area (TPSA) is 61.0 Å². The predicted molar refractivity (Wildman–Crippen MR) is 91.0 cm³/mol. The van der Waals surface area contributed by atoms with E-state index in [2.05, 4.69) is 34.1 Å². The summed E-state index contributed by atoms with van der Waals surface area (Å²) in [5.74, 6) is 1.79. The minimum atomic E-state index is 0.748. The molecule has 7 heteroatoms. The number of aryl methyl sites for hydroxylation is 1. The van der Waals surface area contributed by atoms with Crippen molar-refractivity contribution in [2.75, 3.05) is 14.2 Å². The molecule has 2 aromatic heterocycles. The number of ether oxygens (including phenoxy) is 1. The molecule has 0 saturated heterocycles. The number of benzene rings is 1. The Morgan fingerprint density at radius 1 is 1.21 bits per heavy atom. The van der Waals surface area contributed by atoms with E-state index >= 15 is 0 Å². The molecule has 24 heavy (non-hydrogen) atoms. The van der Waals surface area contributed by atoms with Crippen LogP contribution in [-0.2, 0) is 19.6 Å². The number of hydrogen-bond acceptors (Lipinski definition) is 5. The quantitative estimate of drug-likeness (QED) is 0.665. The van der Waals surface area contributed by atoms with Crippen molar-refractivity contribution in [1.29, 1.82) is 0 Å². The van der Waals surface area contributed by atoms with Crippen molar-refractivity contribution in [2.45, 2.75) is 26.6 Å². The highest BCUT2D eigenvalue weighted by Gasteiger charge is 2.09. The SMILES string of the molecule is CCn1ncnc1CN(C)Cc1cnn(-c2cccc(OC)c2)c1. The smallest absolute Gasteiger partial charge is 0.140 e. The Morgan fingerprint density at radius 3 is 2.88 bits per heavy atom. The Labute approximate surface area is 141 Å². The van der Waals surface area contributed by atoms with Crippen molar-refractivity contribution < 1.29 is 4.74 Å². The first-order valence-electron chi connectivity index (χ1n) is 7.92. The normalized spacial score (nSPS) is 11.2. The van der Waals surface area contributed by atoms with Crippen molar-refractivity contribution in [3.63, 3.8) is 0 Å². The van der Waals surface area contributed by atoms with E-state index in [0.29, 0.717) is 0 Å². The average Bonchev–Trinajstić information content (AvgIpc) is 3.24. The minimum absolute atomic E-state index is 0.748. The van der Waals surface area contributed by atoms with Gasteiger partial charge in [0, 0.05) is 30.9 Å². The van der Waals surface area contributed by atoms with E-state index in [1.165, 1.54) is 0 Å². The van der Waals surface area contributed by atoms with E-state index in [1.54, 1.807) is 13.4 Å². The van der Waals surface area contributed by atoms with Gasteiger partial charge in [0.25, 0.3) is 0 Å². The maximum atomic E-state index is 5.26. The fourth-order valence-corrected chi connectivity index (χ4v) is 2.62. The lowest BCUT2D eigenvalue weighted by atomic mass is 10.3. The number of rotatable bonds is 7. The molecule has 0 amide bonds. The fourth-order valence-electron chi connectivity index (χ4n) is 2.62.